The molecule has 20 heavy (non-hydrogen) atoms. The van der Waals surface area contributed by atoms with Crippen LogP contribution in [0.5, 0.6) is 0 Å². The van der Waals surface area contributed by atoms with Crippen molar-refractivity contribution in [3.63, 3.8) is 0 Å². The first-order valence-electron chi connectivity index (χ1n) is 7.01. The highest BCUT2D eigenvalue weighted by molar-refractivity contribution is 14.0. The van der Waals surface area contributed by atoms with E-state index in [-0.39, 0.29) is 35.9 Å². The fourth-order valence-electron chi connectivity index (χ4n) is 1.32. The molecule has 1 amide bonds. The summed E-state index contributed by atoms with van der Waals surface area (Å²) in [5.41, 5.74) is 5.67. The third-order valence-corrected chi connectivity index (χ3v) is 2.61. The molecule has 0 aromatic rings. The number of hydrogen-bond acceptors (Lipinski definition) is 3. The third kappa shape index (κ3) is 13.9. The first kappa shape index (κ1) is 21.7. The highest BCUT2D eigenvalue weighted by Gasteiger charge is 2.04. The Kier molecular flexibility index (Phi) is 16.1. The van der Waals surface area contributed by atoms with Crippen LogP contribution in [0.15, 0.2) is 4.99 Å². The average molecular weight is 400 g/mol. The molecule has 0 aliphatic rings. The molecule has 7 heteroatoms. The van der Waals surface area contributed by atoms with E-state index >= 15 is 0 Å². The summed E-state index contributed by atoms with van der Waals surface area (Å²) in [7, 11) is 0. The molecule has 0 heterocycles. The maximum atomic E-state index is 11.5. The molecule has 0 aromatic carbocycles. The van der Waals surface area contributed by atoms with Gasteiger partial charge in [0.15, 0.2) is 5.96 Å². The normalized spacial score (nSPS) is 12.4. The van der Waals surface area contributed by atoms with Gasteiger partial charge in [0.25, 0.3) is 0 Å². The number of guanidine groups is 1. The van der Waals surface area contributed by atoms with E-state index in [1.54, 1.807) is 0 Å². The van der Waals surface area contributed by atoms with E-state index in [1.807, 2.05) is 20.8 Å². The number of nitrogens with one attached hydrogen (secondary N) is 2. The molecule has 0 radical (unpaired) electrons. The van der Waals surface area contributed by atoms with Gasteiger partial charge in [0, 0.05) is 38.8 Å². The third-order valence-electron chi connectivity index (χ3n) is 2.61. The Morgan fingerprint density at radius 2 is 2.10 bits per heavy atom. The SMILES string of the molecule is CCOCCCN=C(N)NCCC(=O)NC(C)CC.I. The summed E-state index contributed by atoms with van der Waals surface area (Å²) in [5.74, 6) is 0.416. The van der Waals surface area contributed by atoms with E-state index < -0.39 is 0 Å². The quantitative estimate of drug-likeness (QED) is 0.223. The number of hydrogen-bond donors (Lipinski definition) is 3. The van der Waals surface area contributed by atoms with E-state index in [0.29, 0.717) is 32.1 Å². The van der Waals surface area contributed by atoms with Gasteiger partial charge in [-0.3, -0.25) is 9.79 Å². The van der Waals surface area contributed by atoms with Crippen molar-refractivity contribution >= 4 is 35.8 Å². The van der Waals surface area contributed by atoms with Gasteiger partial charge in [-0.1, -0.05) is 6.92 Å². The molecule has 120 valence electrons. The van der Waals surface area contributed by atoms with Gasteiger partial charge in [0.1, 0.15) is 0 Å². The second-order valence-corrected chi connectivity index (χ2v) is 4.37. The summed E-state index contributed by atoms with van der Waals surface area (Å²) in [6, 6.07) is 0.220. The Labute approximate surface area is 139 Å². The van der Waals surface area contributed by atoms with E-state index in [4.69, 9.17) is 10.5 Å². The zero-order valence-corrected chi connectivity index (χ0v) is 15.1. The molecule has 0 saturated heterocycles. The van der Waals surface area contributed by atoms with Crippen LogP contribution in [0.3, 0.4) is 0 Å². The number of carbonyl (C=O) groups excluding carboxylic acids is 1. The van der Waals surface area contributed by atoms with Gasteiger partial charge in [-0.05, 0) is 26.7 Å². The number of halogens is 1. The molecule has 0 saturated carbocycles. The molecule has 4 N–H and O–H groups in total. The second kappa shape index (κ2) is 14.8. The van der Waals surface area contributed by atoms with E-state index in [2.05, 4.69) is 15.6 Å². The zero-order valence-electron chi connectivity index (χ0n) is 12.8. The van der Waals surface area contributed by atoms with Gasteiger partial charge in [-0.15, -0.1) is 24.0 Å². The van der Waals surface area contributed by atoms with Crippen LogP contribution in [0.1, 0.15) is 40.0 Å². The molecule has 0 fully saturated rings. The summed E-state index contributed by atoms with van der Waals surface area (Å²) in [4.78, 5) is 15.6. The summed E-state index contributed by atoms with van der Waals surface area (Å²) < 4.78 is 5.19. The first-order chi connectivity index (χ1) is 9.10. The van der Waals surface area contributed by atoms with Crippen molar-refractivity contribution in [2.24, 2.45) is 10.7 Å². The lowest BCUT2D eigenvalue weighted by atomic mass is 10.2. The Hall–Kier alpha value is -0.570. The molecular formula is C13H29IN4O2. The number of ether oxygens (including phenoxy) is 1. The lowest BCUT2D eigenvalue weighted by Gasteiger charge is -2.11. The molecule has 0 spiro atoms. The smallest absolute Gasteiger partial charge is 0.221 e. The molecule has 0 aromatic heterocycles. The second-order valence-electron chi connectivity index (χ2n) is 4.37. The van der Waals surface area contributed by atoms with Gasteiger partial charge in [-0.2, -0.15) is 0 Å². The van der Waals surface area contributed by atoms with Crippen molar-refractivity contribution in [3.8, 4) is 0 Å². The fraction of sp³-hybridized carbons (Fsp3) is 0.846. The number of rotatable bonds is 10. The molecule has 6 nitrogen and oxygen atoms in total. The van der Waals surface area contributed by atoms with Gasteiger partial charge < -0.3 is 21.1 Å². The topological polar surface area (TPSA) is 88.7 Å². The minimum absolute atomic E-state index is 0. The summed E-state index contributed by atoms with van der Waals surface area (Å²) in [6.45, 7) is 8.55. The van der Waals surface area contributed by atoms with Gasteiger partial charge in [0.2, 0.25) is 5.91 Å². The minimum atomic E-state index is 0. The maximum absolute atomic E-state index is 11.5. The van der Waals surface area contributed by atoms with Crippen LogP contribution < -0.4 is 16.4 Å². The number of carbonyl (C=O) groups is 1. The van der Waals surface area contributed by atoms with Crippen LogP contribution in [0.4, 0.5) is 0 Å². The number of aliphatic imine (C=N–C) groups is 1. The lowest BCUT2D eigenvalue weighted by Crippen LogP contribution is -2.37. The molecule has 0 aliphatic heterocycles. The van der Waals surface area contributed by atoms with Crippen molar-refractivity contribution in [1.29, 1.82) is 0 Å². The largest absolute Gasteiger partial charge is 0.382 e. The predicted octanol–water partition coefficient (Wildman–Crippen LogP) is 1.24. The molecule has 0 rings (SSSR count). The summed E-state index contributed by atoms with van der Waals surface area (Å²) in [5, 5.41) is 5.82. The highest BCUT2D eigenvalue weighted by atomic mass is 127. The van der Waals surface area contributed by atoms with Crippen LogP contribution in [0, 0.1) is 0 Å². The molecule has 0 bridgehead atoms. The fourth-order valence-corrected chi connectivity index (χ4v) is 1.32. The van der Waals surface area contributed by atoms with Gasteiger partial charge in [0.05, 0.1) is 0 Å². The number of nitrogens with two attached hydrogens (primary N) is 1. The van der Waals surface area contributed by atoms with Crippen molar-refractivity contribution in [3.05, 3.63) is 0 Å². The van der Waals surface area contributed by atoms with Crippen molar-refractivity contribution in [2.75, 3.05) is 26.3 Å². The van der Waals surface area contributed by atoms with Gasteiger partial charge >= 0.3 is 0 Å². The van der Waals surface area contributed by atoms with Crippen LogP contribution in [0.25, 0.3) is 0 Å². The summed E-state index contributed by atoms with van der Waals surface area (Å²) in [6.07, 6.45) is 2.19. The van der Waals surface area contributed by atoms with Crippen molar-refractivity contribution < 1.29 is 9.53 Å². The van der Waals surface area contributed by atoms with Crippen LogP contribution in [-0.2, 0) is 9.53 Å². The predicted molar refractivity (Wildman–Crippen MR) is 93.5 cm³/mol. The van der Waals surface area contributed by atoms with Crippen LogP contribution in [0.2, 0.25) is 0 Å². The molecule has 0 aliphatic carbocycles. The van der Waals surface area contributed by atoms with Crippen LogP contribution >= 0.6 is 24.0 Å². The average Bonchev–Trinajstić information content (AvgIpc) is 2.38. The number of nitrogens with zero attached hydrogens (tertiary/aromatic N) is 1. The number of amides is 1. The molecule has 1 atom stereocenters. The first-order valence-corrected chi connectivity index (χ1v) is 7.01. The van der Waals surface area contributed by atoms with E-state index in [9.17, 15) is 4.79 Å². The molecular weight excluding hydrogens is 371 g/mol. The minimum Gasteiger partial charge on any atom is -0.382 e. The Balaban J connectivity index is 0. The Morgan fingerprint density at radius 1 is 1.40 bits per heavy atom. The van der Waals surface area contributed by atoms with Crippen molar-refractivity contribution in [1.82, 2.24) is 10.6 Å². The standard InChI is InChI=1S/C13H28N4O2.HI/c1-4-11(3)17-12(18)7-9-16-13(14)15-8-6-10-19-5-2;/h11H,4-10H2,1-3H3,(H,17,18)(H3,14,15,16);1H. The summed E-state index contributed by atoms with van der Waals surface area (Å²) >= 11 is 0. The Morgan fingerprint density at radius 3 is 2.70 bits per heavy atom. The lowest BCUT2D eigenvalue weighted by molar-refractivity contribution is -0.121. The monoisotopic (exact) mass is 400 g/mol. The van der Waals surface area contributed by atoms with E-state index in [0.717, 1.165) is 19.4 Å². The Bertz CT molecular complexity index is 275. The zero-order chi connectivity index (χ0) is 14.5. The highest BCUT2D eigenvalue weighted by Crippen LogP contribution is 1.89. The maximum Gasteiger partial charge on any atom is 0.221 e. The van der Waals surface area contributed by atoms with E-state index in [1.165, 1.54) is 0 Å². The molecule has 1 unspecified atom stereocenters. The van der Waals surface area contributed by atoms with Crippen LogP contribution in [-0.4, -0.2) is 44.2 Å². The van der Waals surface area contributed by atoms with Gasteiger partial charge in [-0.25, -0.2) is 0 Å². The van der Waals surface area contributed by atoms with Crippen molar-refractivity contribution in [2.45, 2.75) is 46.1 Å².